The third-order valence-corrected chi connectivity index (χ3v) is 1.89. The van der Waals surface area contributed by atoms with Crippen LogP contribution in [0.2, 0.25) is 0 Å². The van der Waals surface area contributed by atoms with E-state index >= 15 is 0 Å². The first-order valence-corrected chi connectivity index (χ1v) is 4.42. The maximum atomic E-state index is 13.2. The highest BCUT2D eigenvalue weighted by atomic mass is 19.1. The molecule has 4 nitrogen and oxygen atoms in total. The van der Waals surface area contributed by atoms with Crippen molar-refractivity contribution in [2.75, 3.05) is 5.32 Å². The number of nitrogens with zero attached hydrogens (tertiary/aromatic N) is 1. The van der Waals surface area contributed by atoms with Gasteiger partial charge in [-0.2, -0.15) is 0 Å². The highest BCUT2D eigenvalue weighted by Crippen LogP contribution is 2.15. The van der Waals surface area contributed by atoms with Gasteiger partial charge < -0.3 is 10.3 Å². The highest BCUT2D eigenvalue weighted by Gasteiger charge is 2.11. The van der Waals surface area contributed by atoms with Gasteiger partial charge >= 0.3 is 0 Å². The van der Waals surface area contributed by atoms with Crippen molar-refractivity contribution >= 4 is 11.6 Å². The van der Waals surface area contributed by atoms with Crippen molar-refractivity contribution < 1.29 is 13.6 Å². The zero-order chi connectivity index (χ0) is 11.5. The Morgan fingerprint density at radius 2 is 2.19 bits per heavy atom. The fourth-order valence-electron chi connectivity index (χ4n) is 1.16. The molecule has 0 unspecified atom stereocenters. The number of hydrogen-bond donors (Lipinski definition) is 2. The van der Waals surface area contributed by atoms with Crippen LogP contribution in [0.15, 0.2) is 30.6 Å². The Morgan fingerprint density at radius 3 is 2.81 bits per heavy atom. The summed E-state index contributed by atoms with van der Waals surface area (Å²) in [7, 11) is 0. The van der Waals surface area contributed by atoms with Crippen molar-refractivity contribution in [1.82, 2.24) is 9.97 Å². The number of anilines is 1. The first kappa shape index (κ1) is 10.3. The molecule has 0 saturated heterocycles. The molecule has 0 aliphatic heterocycles. The second-order valence-corrected chi connectivity index (χ2v) is 3.02. The van der Waals surface area contributed by atoms with Gasteiger partial charge in [-0.05, 0) is 12.1 Å². The van der Waals surface area contributed by atoms with Gasteiger partial charge in [-0.1, -0.05) is 0 Å². The van der Waals surface area contributed by atoms with E-state index in [1.807, 2.05) is 0 Å². The summed E-state index contributed by atoms with van der Waals surface area (Å²) in [6, 6.07) is 2.89. The Labute approximate surface area is 89.3 Å². The molecule has 0 aliphatic carbocycles. The molecule has 2 rings (SSSR count). The summed E-state index contributed by atoms with van der Waals surface area (Å²) < 4.78 is 25.8. The van der Waals surface area contributed by atoms with Gasteiger partial charge in [-0.25, -0.2) is 13.8 Å². The SMILES string of the molecule is O=C(Nc1ccc(F)cc1F)c1ncc[nH]1. The van der Waals surface area contributed by atoms with E-state index in [1.165, 1.54) is 12.4 Å². The Hall–Kier alpha value is -2.24. The Bertz CT molecular complexity index is 511. The van der Waals surface area contributed by atoms with Crippen LogP contribution in [0.3, 0.4) is 0 Å². The third kappa shape index (κ3) is 2.05. The average molecular weight is 223 g/mol. The van der Waals surface area contributed by atoms with Gasteiger partial charge in [0.15, 0.2) is 5.82 Å². The predicted octanol–water partition coefficient (Wildman–Crippen LogP) is 1.94. The fourth-order valence-corrected chi connectivity index (χ4v) is 1.16. The van der Waals surface area contributed by atoms with E-state index in [-0.39, 0.29) is 11.5 Å². The van der Waals surface area contributed by atoms with Crippen LogP contribution in [-0.4, -0.2) is 15.9 Å². The van der Waals surface area contributed by atoms with Crippen LogP contribution in [0.4, 0.5) is 14.5 Å². The molecular weight excluding hydrogens is 216 g/mol. The minimum atomic E-state index is -0.833. The molecule has 0 spiro atoms. The molecule has 2 aromatic rings. The van der Waals surface area contributed by atoms with E-state index in [1.54, 1.807) is 0 Å². The minimum Gasteiger partial charge on any atom is -0.341 e. The lowest BCUT2D eigenvalue weighted by atomic mass is 10.3. The van der Waals surface area contributed by atoms with Gasteiger partial charge in [-0.3, -0.25) is 4.79 Å². The first-order valence-electron chi connectivity index (χ1n) is 4.42. The van der Waals surface area contributed by atoms with Crippen LogP contribution < -0.4 is 5.32 Å². The zero-order valence-corrected chi connectivity index (χ0v) is 8.00. The number of aromatic nitrogens is 2. The van der Waals surface area contributed by atoms with Gasteiger partial charge in [-0.15, -0.1) is 0 Å². The number of H-pyrrole nitrogens is 1. The zero-order valence-electron chi connectivity index (χ0n) is 8.00. The first-order chi connectivity index (χ1) is 7.66. The molecule has 2 N–H and O–H groups in total. The summed E-state index contributed by atoms with van der Waals surface area (Å²) in [5.41, 5.74) is -0.0946. The Kier molecular flexibility index (Phi) is 2.63. The lowest BCUT2D eigenvalue weighted by molar-refractivity contribution is 0.101. The van der Waals surface area contributed by atoms with Crippen molar-refractivity contribution in [1.29, 1.82) is 0 Å². The van der Waals surface area contributed by atoms with E-state index in [0.29, 0.717) is 6.07 Å². The molecule has 1 heterocycles. The van der Waals surface area contributed by atoms with Crippen molar-refractivity contribution in [2.45, 2.75) is 0 Å². The van der Waals surface area contributed by atoms with Crippen LogP contribution in [0.5, 0.6) is 0 Å². The molecule has 0 atom stereocenters. The number of nitrogens with one attached hydrogen (secondary N) is 2. The number of hydrogen-bond acceptors (Lipinski definition) is 2. The van der Waals surface area contributed by atoms with Gasteiger partial charge in [0.1, 0.15) is 11.6 Å². The Balaban J connectivity index is 2.18. The summed E-state index contributed by atoms with van der Waals surface area (Å²) in [5.74, 6) is -2.06. The number of benzene rings is 1. The van der Waals surface area contributed by atoms with Crippen molar-refractivity contribution in [3.8, 4) is 0 Å². The molecule has 1 amide bonds. The van der Waals surface area contributed by atoms with Crippen LogP contribution in [0.25, 0.3) is 0 Å². The number of imidazole rings is 1. The molecule has 0 aliphatic rings. The molecule has 1 aromatic heterocycles. The second-order valence-electron chi connectivity index (χ2n) is 3.02. The smallest absolute Gasteiger partial charge is 0.291 e. The van der Waals surface area contributed by atoms with Gasteiger partial charge in [0, 0.05) is 18.5 Å². The number of carbonyl (C=O) groups is 1. The lowest BCUT2D eigenvalue weighted by Gasteiger charge is -2.04. The van der Waals surface area contributed by atoms with E-state index in [4.69, 9.17) is 0 Å². The lowest BCUT2D eigenvalue weighted by Crippen LogP contribution is -2.14. The normalized spacial score (nSPS) is 10.1. The summed E-state index contributed by atoms with van der Waals surface area (Å²) >= 11 is 0. The maximum Gasteiger partial charge on any atom is 0.291 e. The monoisotopic (exact) mass is 223 g/mol. The van der Waals surface area contributed by atoms with E-state index in [2.05, 4.69) is 15.3 Å². The number of halogens is 2. The van der Waals surface area contributed by atoms with E-state index in [9.17, 15) is 13.6 Å². The largest absolute Gasteiger partial charge is 0.341 e. The number of rotatable bonds is 2. The molecular formula is C10H7F2N3O. The van der Waals surface area contributed by atoms with Crippen LogP contribution in [-0.2, 0) is 0 Å². The van der Waals surface area contributed by atoms with E-state index in [0.717, 1.165) is 12.1 Å². The van der Waals surface area contributed by atoms with Crippen LogP contribution in [0, 0.1) is 11.6 Å². The fraction of sp³-hybridized carbons (Fsp3) is 0. The molecule has 6 heteroatoms. The molecule has 1 aromatic carbocycles. The maximum absolute atomic E-state index is 13.2. The predicted molar refractivity (Wildman–Crippen MR) is 52.9 cm³/mol. The minimum absolute atomic E-state index is 0.0590. The average Bonchev–Trinajstić information content (AvgIpc) is 2.75. The summed E-state index contributed by atoms with van der Waals surface area (Å²) in [4.78, 5) is 17.7. The standard InChI is InChI=1S/C10H7F2N3O/c11-6-1-2-8(7(12)5-6)15-10(16)9-13-3-4-14-9/h1-5H,(H,13,14)(H,15,16). The van der Waals surface area contributed by atoms with Crippen molar-refractivity contribution in [3.63, 3.8) is 0 Å². The molecule has 0 saturated carbocycles. The number of aromatic amines is 1. The van der Waals surface area contributed by atoms with Gasteiger partial charge in [0.2, 0.25) is 0 Å². The molecule has 0 fully saturated rings. The summed E-state index contributed by atoms with van der Waals surface area (Å²) in [6.07, 6.45) is 2.87. The second kappa shape index (κ2) is 4.09. The molecule has 16 heavy (non-hydrogen) atoms. The van der Waals surface area contributed by atoms with Gasteiger partial charge in [0.05, 0.1) is 5.69 Å². The summed E-state index contributed by atoms with van der Waals surface area (Å²) in [5, 5.41) is 2.27. The summed E-state index contributed by atoms with van der Waals surface area (Å²) in [6.45, 7) is 0. The quantitative estimate of drug-likeness (QED) is 0.817. The number of amides is 1. The topological polar surface area (TPSA) is 57.8 Å². The Morgan fingerprint density at radius 1 is 1.38 bits per heavy atom. The molecule has 82 valence electrons. The molecule has 0 bridgehead atoms. The highest BCUT2D eigenvalue weighted by molar-refractivity contribution is 6.01. The van der Waals surface area contributed by atoms with Gasteiger partial charge in [0.25, 0.3) is 5.91 Å². The molecule has 0 radical (unpaired) electrons. The van der Waals surface area contributed by atoms with E-state index < -0.39 is 17.5 Å². The third-order valence-electron chi connectivity index (χ3n) is 1.89. The number of carbonyl (C=O) groups excluding carboxylic acids is 1. The van der Waals surface area contributed by atoms with Crippen LogP contribution in [0.1, 0.15) is 10.6 Å². The van der Waals surface area contributed by atoms with Crippen molar-refractivity contribution in [3.05, 3.63) is 48.1 Å². The van der Waals surface area contributed by atoms with Crippen LogP contribution >= 0.6 is 0 Å². The van der Waals surface area contributed by atoms with Crippen molar-refractivity contribution in [2.24, 2.45) is 0 Å².